The van der Waals surface area contributed by atoms with Crippen LogP contribution in [-0.2, 0) is 11.2 Å². The fraction of sp³-hybridized carbons (Fsp3) is 0.154. The number of hydrogen-bond acceptors (Lipinski definition) is 4. The van der Waals surface area contributed by atoms with Gasteiger partial charge in [-0.2, -0.15) is 0 Å². The fourth-order valence-electron chi connectivity index (χ4n) is 3.48. The largest absolute Gasteiger partial charge is 0.352 e. The number of likely N-dealkylation sites (N-methyl/N-ethyl adjacent to an activating group) is 1. The zero-order valence-corrected chi connectivity index (χ0v) is 20.7. The lowest BCUT2D eigenvalue weighted by Crippen LogP contribution is -2.31. The van der Waals surface area contributed by atoms with Crippen LogP contribution in [0, 0.1) is 0 Å². The van der Waals surface area contributed by atoms with Gasteiger partial charge in [0.15, 0.2) is 0 Å². The zero-order valence-electron chi connectivity index (χ0n) is 18.3. The Morgan fingerprint density at radius 2 is 1.88 bits per heavy atom. The van der Waals surface area contributed by atoms with E-state index in [1.165, 1.54) is 22.2 Å². The summed E-state index contributed by atoms with van der Waals surface area (Å²) < 4.78 is 0. The molecule has 0 bridgehead atoms. The summed E-state index contributed by atoms with van der Waals surface area (Å²) >= 11 is 9.35. The van der Waals surface area contributed by atoms with Crippen molar-refractivity contribution in [2.45, 2.75) is 16.2 Å². The van der Waals surface area contributed by atoms with Crippen molar-refractivity contribution in [3.05, 3.63) is 93.3 Å². The zero-order chi connectivity index (χ0) is 23.4. The fourth-order valence-corrected chi connectivity index (χ4v) is 5.17. The van der Waals surface area contributed by atoms with Crippen molar-refractivity contribution in [1.82, 2.24) is 5.32 Å². The molecule has 0 aromatic heterocycles. The number of anilines is 1. The van der Waals surface area contributed by atoms with E-state index < -0.39 is 0 Å². The third kappa shape index (κ3) is 5.46. The molecule has 3 aromatic carbocycles. The number of rotatable bonds is 6. The van der Waals surface area contributed by atoms with E-state index in [2.05, 4.69) is 29.6 Å². The molecule has 0 atom stereocenters. The maximum Gasteiger partial charge on any atom is 0.264 e. The Labute approximate surface area is 207 Å². The summed E-state index contributed by atoms with van der Waals surface area (Å²) in [6.45, 7) is 0.544. The van der Waals surface area contributed by atoms with Gasteiger partial charge in [-0.3, -0.25) is 9.59 Å². The maximum atomic E-state index is 13.0. The molecule has 168 valence electrons. The quantitative estimate of drug-likeness (QED) is 0.330. The van der Waals surface area contributed by atoms with Crippen LogP contribution >= 0.6 is 35.1 Å². The van der Waals surface area contributed by atoms with Crippen molar-refractivity contribution in [1.29, 1.82) is 0 Å². The molecule has 0 radical (unpaired) electrons. The van der Waals surface area contributed by atoms with Gasteiger partial charge in [-0.25, -0.2) is 0 Å². The molecule has 0 saturated carbocycles. The minimum atomic E-state index is -0.151. The maximum absolute atomic E-state index is 13.0. The number of nitrogens with zero attached hydrogens (tertiary/aromatic N) is 1. The molecule has 4 nitrogen and oxygen atoms in total. The molecule has 33 heavy (non-hydrogen) atoms. The summed E-state index contributed by atoms with van der Waals surface area (Å²) in [4.78, 5) is 30.0. The van der Waals surface area contributed by atoms with E-state index in [0.29, 0.717) is 22.0 Å². The molecule has 0 unspecified atom stereocenters. The lowest BCUT2D eigenvalue weighted by Gasteiger charge is -2.27. The van der Waals surface area contributed by atoms with Gasteiger partial charge in [-0.1, -0.05) is 53.7 Å². The first kappa shape index (κ1) is 23.5. The molecule has 0 fully saturated rings. The molecule has 1 heterocycles. The van der Waals surface area contributed by atoms with Crippen LogP contribution in [0.3, 0.4) is 0 Å². The van der Waals surface area contributed by atoms with Crippen LogP contribution in [0.15, 0.2) is 81.4 Å². The number of carbonyl (C=O) groups is 2. The van der Waals surface area contributed by atoms with E-state index in [0.717, 1.165) is 22.6 Å². The molecule has 0 spiro atoms. The van der Waals surface area contributed by atoms with Gasteiger partial charge in [0.05, 0.1) is 10.6 Å². The van der Waals surface area contributed by atoms with Crippen molar-refractivity contribution < 1.29 is 9.59 Å². The molecule has 7 heteroatoms. The lowest BCUT2D eigenvalue weighted by molar-refractivity contribution is -0.114. The first-order valence-electron chi connectivity index (χ1n) is 10.4. The number of amides is 2. The lowest BCUT2D eigenvalue weighted by atomic mass is 10.1. The highest BCUT2D eigenvalue weighted by molar-refractivity contribution is 8.04. The Hall–Kier alpha value is -2.67. The minimum Gasteiger partial charge on any atom is -0.352 e. The summed E-state index contributed by atoms with van der Waals surface area (Å²) in [6, 6.07) is 21.2. The van der Waals surface area contributed by atoms with Gasteiger partial charge in [-0.15, -0.1) is 11.8 Å². The standard InChI is InChI=1S/C26H23ClN2O2S2/c1-29-22-15-19(25(30)28-14-13-17-7-10-20(32-2)11-8-17)9-12-23(22)33-24(26(29)31)16-18-5-3-4-6-21(18)27/h3-12,15-16H,13-14H2,1-2H3,(H,28,30)/b24-16+. The normalized spacial score (nSPS) is 14.3. The van der Waals surface area contributed by atoms with Crippen LogP contribution < -0.4 is 10.2 Å². The summed E-state index contributed by atoms with van der Waals surface area (Å²) in [5.74, 6) is -0.277. The Balaban J connectivity index is 1.45. The molecule has 1 aliphatic heterocycles. The monoisotopic (exact) mass is 494 g/mol. The van der Waals surface area contributed by atoms with Crippen molar-refractivity contribution in [2.75, 3.05) is 24.7 Å². The predicted octanol–water partition coefficient (Wildman–Crippen LogP) is 6.14. The van der Waals surface area contributed by atoms with E-state index >= 15 is 0 Å². The Morgan fingerprint density at radius 3 is 2.61 bits per heavy atom. The van der Waals surface area contributed by atoms with E-state index in [1.807, 2.05) is 30.5 Å². The molecule has 0 saturated heterocycles. The Bertz CT molecular complexity index is 1230. The van der Waals surface area contributed by atoms with Crippen LogP contribution in [0.1, 0.15) is 21.5 Å². The van der Waals surface area contributed by atoms with Gasteiger partial charge >= 0.3 is 0 Å². The van der Waals surface area contributed by atoms with E-state index in [9.17, 15) is 9.59 Å². The van der Waals surface area contributed by atoms with Crippen molar-refractivity contribution >= 4 is 58.7 Å². The third-order valence-electron chi connectivity index (χ3n) is 5.37. The van der Waals surface area contributed by atoms with Crippen LogP contribution in [0.25, 0.3) is 6.08 Å². The molecular weight excluding hydrogens is 472 g/mol. The third-order valence-corrected chi connectivity index (χ3v) is 7.53. The van der Waals surface area contributed by atoms with Gasteiger partial charge < -0.3 is 10.2 Å². The number of carbonyl (C=O) groups excluding carboxylic acids is 2. The number of nitrogens with one attached hydrogen (secondary N) is 1. The first-order valence-corrected chi connectivity index (χ1v) is 12.9. The van der Waals surface area contributed by atoms with Gasteiger partial charge in [0.25, 0.3) is 11.8 Å². The second-order valence-electron chi connectivity index (χ2n) is 7.53. The number of halogens is 1. The van der Waals surface area contributed by atoms with E-state index in [1.54, 1.807) is 48.0 Å². The average molecular weight is 495 g/mol. The van der Waals surface area contributed by atoms with Gasteiger partial charge in [0.1, 0.15) is 0 Å². The molecule has 3 aromatic rings. The highest BCUT2D eigenvalue weighted by Gasteiger charge is 2.27. The number of hydrogen-bond donors (Lipinski definition) is 1. The van der Waals surface area contributed by atoms with Gasteiger partial charge in [0.2, 0.25) is 0 Å². The van der Waals surface area contributed by atoms with Crippen molar-refractivity contribution in [3.63, 3.8) is 0 Å². The van der Waals surface area contributed by atoms with Crippen LogP contribution in [0.5, 0.6) is 0 Å². The van der Waals surface area contributed by atoms with Crippen LogP contribution in [0.4, 0.5) is 5.69 Å². The number of thioether (sulfide) groups is 2. The average Bonchev–Trinajstić information content (AvgIpc) is 2.84. The highest BCUT2D eigenvalue weighted by Crippen LogP contribution is 2.42. The first-order chi connectivity index (χ1) is 16.0. The van der Waals surface area contributed by atoms with Crippen molar-refractivity contribution in [2.24, 2.45) is 0 Å². The predicted molar refractivity (Wildman–Crippen MR) is 139 cm³/mol. The molecule has 0 aliphatic carbocycles. The van der Waals surface area contributed by atoms with E-state index in [-0.39, 0.29) is 11.8 Å². The van der Waals surface area contributed by atoms with Gasteiger partial charge in [-0.05, 0) is 66.3 Å². The van der Waals surface area contributed by atoms with Crippen LogP contribution in [-0.4, -0.2) is 31.7 Å². The SMILES string of the molecule is CSc1ccc(CCNC(=O)c2ccc3c(c2)N(C)C(=O)/C(=C\c2ccccc2Cl)S3)cc1. The minimum absolute atomic E-state index is 0.126. The summed E-state index contributed by atoms with van der Waals surface area (Å²) in [7, 11) is 1.72. The topological polar surface area (TPSA) is 49.4 Å². The Morgan fingerprint density at radius 1 is 1.12 bits per heavy atom. The van der Waals surface area contributed by atoms with Crippen LogP contribution in [0.2, 0.25) is 5.02 Å². The summed E-state index contributed by atoms with van der Waals surface area (Å²) in [6.07, 6.45) is 4.62. The van der Waals surface area contributed by atoms with E-state index in [4.69, 9.17) is 11.6 Å². The molecule has 1 aliphatic rings. The molecule has 2 amide bonds. The highest BCUT2D eigenvalue weighted by atomic mass is 35.5. The van der Waals surface area contributed by atoms with Gasteiger partial charge in [0, 0.05) is 34.0 Å². The smallest absolute Gasteiger partial charge is 0.264 e. The second-order valence-corrected chi connectivity index (χ2v) is 9.90. The Kier molecular flexibility index (Phi) is 7.48. The summed E-state index contributed by atoms with van der Waals surface area (Å²) in [5, 5.41) is 3.57. The molecule has 1 N–H and O–H groups in total. The van der Waals surface area contributed by atoms with Crippen molar-refractivity contribution in [3.8, 4) is 0 Å². The molecule has 4 rings (SSSR count). The number of fused-ring (bicyclic) bond motifs is 1. The second kappa shape index (κ2) is 10.5. The number of benzene rings is 3. The molecular formula is C26H23ClN2O2S2. The summed E-state index contributed by atoms with van der Waals surface area (Å²) in [5.41, 5.74) is 3.23.